The Morgan fingerprint density at radius 3 is 1.30 bits per heavy atom. The van der Waals surface area contributed by atoms with E-state index in [9.17, 15) is 0 Å². The van der Waals surface area contributed by atoms with Gasteiger partial charge in [-0.05, 0) is 0 Å². The summed E-state index contributed by atoms with van der Waals surface area (Å²) in [7, 11) is 0. The Morgan fingerprint density at radius 2 is 0.900 bits per heavy atom. The van der Waals surface area contributed by atoms with Crippen LogP contribution in [-0.2, 0) is 6.16 Å². The van der Waals surface area contributed by atoms with Gasteiger partial charge in [-0.3, -0.25) is 0 Å². The van der Waals surface area contributed by atoms with Crippen molar-refractivity contribution >= 4 is 36.7 Å². The van der Waals surface area contributed by atoms with Gasteiger partial charge in [-0.25, -0.2) is 0 Å². The average molecular weight is 475 g/mol. The van der Waals surface area contributed by atoms with E-state index in [2.05, 4.69) is 139 Å². The van der Waals surface area contributed by atoms with Gasteiger partial charge in [-0.2, -0.15) is 0 Å². The number of halogens is 1. The van der Waals surface area contributed by atoms with Crippen molar-refractivity contribution in [2.45, 2.75) is 26.9 Å². The van der Waals surface area contributed by atoms with E-state index in [4.69, 9.17) is 0 Å². The first-order valence-electron chi connectivity index (χ1n) is 10.4. The third kappa shape index (κ3) is 3.35. The maximum atomic E-state index is 4.58. The van der Waals surface area contributed by atoms with E-state index < -0.39 is 5.31 Å². The number of hydrogen-bond acceptors (Lipinski definition) is 0. The minimum atomic E-state index is -2.96. The summed E-state index contributed by atoms with van der Waals surface area (Å²) in [6, 6.07) is 37.6. The first-order chi connectivity index (χ1) is 14.4. The van der Waals surface area contributed by atoms with Crippen molar-refractivity contribution in [2.24, 2.45) is 0 Å². The van der Waals surface area contributed by atoms with Gasteiger partial charge >= 0.3 is 189 Å². The summed E-state index contributed by atoms with van der Waals surface area (Å²) in [6.07, 6.45) is 0.947. The van der Waals surface area contributed by atoms with Crippen LogP contribution in [0, 0.1) is 20.8 Å². The van der Waals surface area contributed by atoms with Gasteiger partial charge in [0, 0.05) is 0 Å². The first kappa shape index (κ1) is 21.0. The summed E-state index contributed by atoms with van der Waals surface area (Å²) in [4.78, 5) is 0. The van der Waals surface area contributed by atoms with Crippen molar-refractivity contribution in [3.05, 3.63) is 125 Å². The van der Waals surface area contributed by atoms with E-state index in [1.807, 2.05) is 0 Å². The Morgan fingerprint density at radius 1 is 0.533 bits per heavy atom. The topological polar surface area (TPSA) is 0 Å². The standard InChI is InChI=1S/C28H28BrP/c1-22-19-20-23(2)28(24(22)3)21-30(29,25-13-7-4-8-14-25,26-15-9-5-10-16-26)27-17-11-6-12-18-27/h4-20H,21H2,1-3H3. The molecular weight excluding hydrogens is 447 g/mol. The molecule has 0 aliphatic heterocycles. The molecule has 0 amide bonds. The summed E-state index contributed by atoms with van der Waals surface area (Å²) in [5.41, 5.74) is 5.55. The fraction of sp³-hybridized carbons (Fsp3) is 0.143. The fourth-order valence-corrected chi connectivity index (χ4v) is 12.3. The number of rotatable bonds is 5. The zero-order valence-corrected chi connectivity index (χ0v) is 20.3. The first-order valence-corrected chi connectivity index (χ1v) is 14.8. The second kappa shape index (κ2) is 8.14. The van der Waals surface area contributed by atoms with Crippen LogP contribution >= 0.6 is 20.8 Å². The van der Waals surface area contributed by atoms with Crippen LogP contribution in [0.1, 0.15) is 22.3 Å². The summed E-state index contributed by atoms with van der Waals surface area (Å²) < 4.78 is 0. The molecule has 0 fully saturated rings. The predicted molar refractivity (Wildman–Crippen MR) is 138 cm³/mol. The molecule has 0 saturated carbocycles. The predicted octanol–water partition coefficient (Wildman–Crippen LogP) is 6.95. The summed E-state index contributed by atoms with van der Waals surface area (Å²) >= 11 is 4.58. The maximum absolute atomic E-state index is 4.58. The van der Waals surface area contributed by atoms with Crippen LogP contribution in [0.2, 0.25) is 0 Å². The molecule has 0 N–H and O–H groups in total. The zero-order valence-electron chi connectivity index (χ0n) is 17.8. The van der Waals surface area contributed by atoms with Gasteiger partial charge in [0.05, 0.1) is 0 Å². The fourth-order valence-electron chi connectivity index (χ4n) is 4.49. The van der Waals surface area contributed by atoms with Crippen LogP contribution in [0.3, 0.4) is 0 Å². The van der Waals surface area contributed by atoms with Crippen LogP contribution < -0.4 is 15.9 Å². The van der Waals surface area contributed by atoms with Crippen molar-refractivity contribution in [2.75, 3.05) is 0 Å². The molecule has 0 aliphatic carbocycles. The van der Waals surface area contributed by atoms with Crippen molar-refractivity contribution in [1.29, 1.82) is 0 Å². The van der Waals surface area contributed by atoms with Crippen LogP contribution in [0.4, 0.5) is 0 Å². The van der Waals surface area contributed by atoms with E-state index in [-0.39, 0.29) is 0 Å². The molecule has 0 saturated heterocycles. The van der Waals surface area contributed by atoms with Gasteiger partial charge in [-0.1, -0.05) is 0 Å². The van der Waals surface area contributed by atoms with Gasteiger partial charge in [0.2, 0.25) is 0 Å². The van der Waals surface area contributed by atoms with E-state index in [0.29, 0.717) is 0 Å². The molecular formula is C28H28BrP. The molecule has 0 spiro atoms. The molecule has 2 heteroatoms. The number of hydrogen-bond donors (Lipinski definition) is 0. The molecule has 0 atom stereocenters. The normalized spacial score (nSPS) is 12.9. The minimum absolute atomic E-state index is 0.947. The Labute approximate surface area is 188 Å². The molecule has 30 heavy (non-hydrogen) atoms. The van der Waals surface area contributed by atoms with E-state index in [0.717, 1.165) is 6.16 Å². The van der Waals surface area contributed by atoms with Crippen LogP contribution in [-0.4, -0.2) is 0 Å². The number of benzene rings is 4. The van der Waals surface area contributed by atoms with Crippen molar-refractivity contribution in [3.8, 4) is 0 Å². The van der Waals surface area contributed by atoms with Crippen LogP contribution in [0.5, 0.6) is 0 Å². The van der Waals surface area contributed by atoms with Gasteiger partial charge in [-0.15, -0.1) is 0 Å². The van der Waals surface area contributed by atoms with E-state index in [1.54, 1.807) is 0 Å². The van der Waals surface area contributed by atoms with E-state index >= 15 is 0 Å². The summed E-state index contributed by atoms with van der Waals surface area (Å²) in [6.45, 7) is 6.73. The molecule has 4 rings (SSSR count). The van der Waals surface area contributed by atoms with Gasteiger partial charge < -0.3 is 0 Å². The Kier molecular flexibility index (Phi) is 5.71. The molecule has 0 bridgehead atoms. The molecule has 152 valence electrons. The van der Waals surface area contributed by atoms with Crippen LogP contribution in [0.25, 0.3) is 0 Å². The molecule has 0 radical (unpaired) electrons. The van der Waals surface area contributed by atoms with Gasteiger partial charge in [0.25, 0.3) is 0 Å². The molecule has 4 aromatic rings. The molecule has 0 aromatic heterocycles. The zero-order chi connectivity index (χ0) is 21.2. The molecule has 4 aromatic carbocycles. The van der Waals surface area contributed by atoms with Crippen LogP contribution in [0.15, 0.2) is 103 Å². The molecule has 0 heterocycles. The van der Waals surface area contributed by atoms with Crippen molar-refractivity contribution in [3.63, 3.8) is 0 Å². The second-order valence-electron chi connectivity index (χ2n) is 8.15. The third-order valence-electron chi connectivity index (χ3n) is 6.44. The SMILES string of the molecule is Cc1ccc(C)c(CP(Br)(c2ccccc2)(c2ccccc2)c2ccccc2)c1C. The second-order valence-corrected chi connectivity index (χ2v) is 17.1. The molecule has 0 nitrogen and oxygen atoms in total. The third-order valence-corrected chi connectivity index (χ3v) is 15.9. The van der Waals surface area contributed by atoms with Gasteiger partial charge in [0.15, 0.2) is 0 Å². The summed E-state index contributed by atoms with van der Waals surface area (Å²) in [5.74, 6) is 0. The van der Waals surface area contributed by atoms with Crippen molar-refractivity contribution in [1.82, 2.24) is 0 Å². The monoisotopic (exact) mass is 474 g/mol. The molecule has 0 unspecified atom stereocenters. The van der Waals surface area contributed by atoms with E-state index in [1.165, 1.54) is 38.2 Å². The Bertz CT molecular complexity index is 1050. The molecule has 0 aliphatic rings. The Hall–Kier alpha value is -2.21. The van der Waals surface area contributed by atoms with Gasteiger partial charge in [0.1, 0.15) is 0 Å². The van der Waals surface area contributed by atoms with Crippen molar-refractivity contribution < 1.29 is 0 Å². The average Bonchev–Trinajstić information content (AvgIpc) is 2.81. The Balaban J connectivity index is 2.14. The quantitative estimate of drug-likeness (QED) is 0.274. The number of aryl methyl sites for hydroxylation is 2. The summed E-state index contributed by atoms with van der Waals surface area (Å²) in [5, 5.41) is 1.13.